The molecule has 0 radical (unpaired) electrons. The number of hydrogen-bond donors (Lipinski definition) is 2. The number of rotatable bonds is 12. The van der Waals surface area contributed by atoms with E-state index >= 15 is 0 Å². The van der Waals surface area contributed by atoms with Crippen molar-refractivity contribution in [2.45, 2.75) is 57.7 Å². The van der Waals surface area contributed by atoms with Crippen LogP contribution in [-0.2, 0) is 20.7 Å². The van der Waals surface area contributed by atoms with E-state index < -0.39 is 30.2 Å². The monoisotopic (exact) mass is 515 g/mol. The van der Waals surface area contributed by atoms with Crippen LogP contribution in [0.2, 0.25) is 0 Å². The summed E-state index contributed by atoms with van der Waals surface area (Å²) in [6.07, 6.45) is 1.57. The SMILES string of the molecule is CN(C)CCC1OCC(=O)C1NC(=O)[C@H](CC(C)(C)CCc1ccccc1)NC(=O)Oc1ccsc1. The van der Waals surface area contributed by atoms with Crippen LogP contribution in [0, 0.1) is 5.41 Å². The molecule has 2 aromatic rings. The predicted molar refractivity (Wildman–Crippen MR) is 140 cm³/mol. The summed E-state index contributed by atoms with van der Waals surface area (Å²) in [5, 5.41) is 9.11. The third-order valence-corrected chi connectivity index (χ3v) is 6.98. The summed E-state index contributed by atoms with van der Waals surface area (Å²) < 4.78 is 11.0. The highest BCUT2D eigenvalue weighted by molar-refractivity contribution is 7.08. The van der Waals surface area contributed by atoms with Crippen molar-refractivity contribution in [3.63, 3.8) is 0 Å². The Morgan fingerprint density at radius 2 is 1.97 bits per heavy atom. The van der Waals surface area contributed by atoms with Gasteiger partial charge in [0.25, 0.3) is 0 Å². The number of ether oxygens (including phenoxy) is 2. The molecule has 2 N–H and O–H groups in total. The average Bonchev–Trinajstić information content (AvgIpc) is 3.46. The van der Waals surface area contributed by atoms with Gasteiger partial charge in [0.2, 0.25) is 5.91 Å². The fourth-order valence-electron chi connectivity index (χ4n) is 4.23. The van der Waals surface area contributed by atoms with Crippen LogP contribution in [0.5, 0.6) is 5.75 Å². The second kappa shape index (κ2) is 13.0. The van der Waals surface area contributed by atoms with Crippen LogP contribution < -0.4 is 15.4 Å². The lowest BCUT2D eigenvalue weighted by Gasteiger charge is -2.30. The molecule has 0 saturated carbocycles. The average molecular weight is 516 g/mol. The Kier molecular flexibility index (Phi) is 10.0. The van der Waals surface area contributed by atoms with Gasteiger partial charge in [-0.25, -0.2) is 4.79 Å². The minimum absolute atomic E-state index is 0.0239. The van der Waals surface area contributed by atoms with Gasteiger partial charge < -0.3 is 25.0 Å². The molecular formula is C27H37N3O5S. The van der Waals surface area contributed by atoms with Gasteiger partial charge in [0.1, 0.15) is 24.4 Å². The van der Waals surface area contributed by atoms with Crippen LogP contribution in [0.4, 0.5) is 4.79 Å². The lowest BCUT2D eigenvalue weighted by Crippen LogP contribution is -2.55. The molecule has 3 rings (SSSR count). The molecule has 196 valence electrons. The first-order valence-electron chi connectivity index (χ1n) is 12.3. The van der Waals surface area contributed by atoms with E-state index in [9.17, 15) is 14.4 Å². The van der Waals surface area contributed by atoms with E-state index in [2.05, 4.69) is 36.6 Å². The van der Waals surface area contributed by atoms with E-state index in [0.29, 0.717) is 18.6 Å². The van der Waals surface area contributed by atoms with E-state index in [1.165, 1.54) is 16.9 Å². The molecule has 0 bridgehead atoms. The number of nitrogens with one attached hydrogen (secondary N) is 2. The molecule has 1 aromatic heterocycles. The minimum atomic E-state index is -0.871. The first kappa shape index (κ1) is 27.8. The lowest BCUT2D eigenvalue weighted by molar-refractivity contribution is -0.128. The van der Waals surface area contributed by atoms with Crippen molar-refractivity contribution in [3.05, 3.63) is 52.7 Å². The zero-order valence-electron chi connectivity index (χ0n) is 21.5. The van der Waals surface area contributed by atoms with Gasteiger partial charge in [0, 0.05) is 11.9 Å². The van der Waals surface area contributed by atoms with Gasteiger partial charge >= 0.3 is 6.09 Å². The molecule has 1 saturated heterocycles. The highest BCUT2D eigenvalue weighted by Gasteiger charge is 2.39. The Morgan fingerprint density at radius 1 is 1.22 bits per heavy atom. The van der Waals surface area contributed by atoms with Gasteiger partial charge in [0.05, 0.1) is 6.10 Å². The topological polar surface area (TPSA) is 97.0 Å². The van der Waals surface area contributed by atoms with Gasteiger partial charge in [-0.2, -0.15) is 0 Å². The molecule has 2 amide bonds. The van der Waals surface area contributed by atoms with Crippen LogP contribution in [0.25, 0.3) is 0 Å². The quantitative estimate of drug-likeness (QED) is 0.448. The Morgan fingerprint density at radius 3 is 2.64 bits per heavy atom. The van der Waals surface area contributed by atoms with Crippen LogP contribution in [-0.4, -0.2) is 68.1 Å². The molecule has 1 aliphatic rings. The highest BCUT2D eigenvalue weighted by Crippen LogP contribution is 2.29. The number of carbonyl (C=O) groups excluding carboxylic acids is 3. The second-order valence-corrected chi connectivity index (χ2v) is 11.1. The normalized spacial score (nSPS) is 18.8. The maximum absolute atomic E-state index is 13.4. The zero-order valence-corrected chi connectivity index (χ0v) is 22.3. The van der Waals surface area contributed by atoms with Crippen molar-refractivity contribution in [1.29, 1.82) is 0 Å². The van der Waals surface area contributed by atoms with Crippen LogP contribution in [0.3, 0.4) is 0 Å². The molecule has 1 aromatic carbocycles. The van der Waals surface area contributed by atoms with Gasteiger partial charge in [-0.3, -0.25) is 9.59 Å². The summed E-state index contributed by atoms with van der Waals surface area (Å²) in [6, 6.07) is 10.2. The molecule has 0 spiro atoms. The standard InChI is InChI=1S/C27H37N3O5S/c1-27(2,13-10-19-8-6-5-7-9-19)16-21(28-26(33)35-20-12-15-36-18-20)25(32)29-24-22(31)17-34-23(24)11-14-30(3)4/h5-9,12,15,18,21,23-24H,10-11,13-14,16-17H2,1-4H3,(H,28,33)(H,29,32)/t21-,23?,24?/m0/s1. The second-order valence-electron chi connectivity index (χ2n) is 10.3. The fraction of sp³-hybridized carbons (Fsp3) is 0.519. The summed E-state index contributed by atoms with van der Waals surface area (Å²) in [7, 11) is 3.89. The van der Waals surface area contributed by atoms with E-state index in [-0.39, 0.29) is 17.8 Å². The van der Waals surface area contributed by atoms with Gasteiger partial charge in [-0.1, -0.05) is 44.2 Å². The van der Waals surface area contributed by atoms with Crippen molar-refractivity contribution in [2.24, 2.45) is 5.41 Å². The molecule has 8 nitrogen and oxygen atoms in total. The van der Waals surface area contributed by atoms with Crippen molar-refractivity contribution in [3.8, 4) is 5.75 Å². The number of benzene rings is 1. The van der Waals surface area contributed by atoms with Crippen LogP contribution in [0.15, 0.2) is 47.2 Å². The summed E-state index contributed by atoms with van der Waals surface area (Å²) in [5.41, 5.74) is 0.947. The van der Waals surface area contributed by atoms with E-state index in [1.807, 2.05) is 37.2 Å². The lowest BCUT2D eigenvalue weighted by atomic mass is 9.80. The molecular weight excluding hydrogens is 478 g/mol. The van der Waals surface area contributed by atoms with Crippen LogP contribution in [0.1, 0.15) is 38.7 Å². The molecule has 1 aliphatic heterocycles. The third-order valence-electron chi connectivity index (χ3n) is 6.32. The Bertz CT molecular complexity index is 994. The van der Waals surface area contributed by atoms with E-state index in [4.69, 9.17) is 9.47 Å². The molecule has 2 unspecified atom stereocenters. The molecule has 36 heavy (non-hydrogen) atoms. The number of aryl methyl sites for hydroxylation is 1. The zero-order chi connectivity index (χ0) is 26.1. The predicted octanol–water partition coefficient (Wildman–Crippen LogP) is 3.66. The van der Waals surface area contributed by atoms with Crippen molar-refractivity contribution < 1.29 is 23.9 Å². The van der Waals surface area contributed by atoms with E-state index in [0.717, 1.165) is 19.4 Å². The Hall–Kier alpha value is -2.75. The maximum atomic E-state index is 13.4. The molecule has 2 heterocycles. The third kappa shape index (κ3) is 8.72. The number of thiophene rings is 1. The smallest absolute Gasteiger partial charge is 0.409 e. The van der Waals surface area contributed by atoms with Crippen molar-refractivity contribution >= 4 is 29.1 Å². The van der Waals surface area contributed by atoms with Gasteiger partial charge in [0.15, 0.2) is 5.78 Å². The first-order valence-corrected chi connectivity index (χ1v) is 13.2. The molecule has 1 fully saturated rings. The maximum Gasteiger partial charge on any atom is 0.413 e. The number of carbonyl (C=O) groups is 3. The van der Waals surface area contributed by atoms with E-state index in [1.54, 1.807) is 16.8 Å². The fourth-order valence-corrected chi connectivity index (χ4v) is 4.78. The Labute approximate surface area is 217 Å². The molecule has 9 heteroatoms. The first-order chi connectivity index (χ1) is 17.1. The van der Waals surface area contributed by atoms with Crippen molar-refractivity contribution in [1.82, 2.24) is 15.5 Å². The molecule has 3 atom stereocenters. The number of nitrogens with zero attached hydrogens (tertiary/aromatic N) is 1. The Balaban J connectivity index is 1.69. The number of hydrogen-bond acceptors (Lipinski definition) is 7. The number of ketones is 1. The highest BCUT2D eigenvalue weighted by atomic mass is 32.1. The summed E-state index contributed by atoms with van der Waals surface area (Å²) in [4.78, 5) is 40.6. The number of amides is 2. The number of Topliss-reactive ketones (excluding diaryl/α,β-unsaturated/α-hetero) is 1. The minimum Gasteiger partial charge on any atom is -0.409 e. The van der Waals surface area contributed by atoms with Crippen LogP contribution >= 0.6 is 11.3 Å². The summed E-state index contributed by atoms with van der Waals surface area (Å²) in [5.74, 6) is -0.151. The summed E-state index contributed by atoms with van der Waals surface area (Å²) >= 11 is 1.41. The van der Waals surface area contributed by atoms with Gasteiger partial charge in [-0.05, 0) is 62.2 Å². The molecule has 0 aliphatic carbocycles. The van der Waals surface area contributed by atoms with Gasteiger partial charge in [-0.15, -0.1) is 11.3 Å². The summed E-state index contributed by atoms with van der Waals surface area (Å²) in [6.45, 7) is 4.85. The van der Waals surface area contributed by atoms with Crippen molar-refractivity contribution in [2.75, 3.05) is 27.2 Å². The largest absolute Gasteiger partial charge is 0.413 e.